The predicted octanol–water partition coefficient (Wildman–Crippen LogP) is 2.45. The number of hydrogen-bond donors (Lipinski definition) is 0. The Morgan fingerprint density at radius 3 is 2.21 bits per heavy atom. The van der Waals surface area contributed by atoms with Gasteiger partial charge in [-0.2, -0.15) is 0 Å². The van der Waals surface area contributed by atoms with Gasteiger partial charge in [0.25, 0.3) is 0 Å². The molecule has 2 heteroatoms. The molecule has 0 radical (unpaired) electrons. The van der Waals surface area contributed by atoms with Crippen LogP contribution in [0.1, 0.15) is 25.8 Å². The molecule has 0 heterocycles. The van der Waals surface area contributed by atoms with Crippen molar-refractivity contribution in [3.63, 3.8) is 0 Å². The zero-order chi connectivity index (χ0) is 8.81. The van der Waals surface area contributed by atoms with E-state index in [4.69, 9.17) is 0 Å². The molecule has 1 aromatic carbocycles. The molecule has 14 heavy (non-hydrogen) atoms. The number of benzene rings is 1. The Balaban J connectivity index is 0. The van der Waals surface area contributed by atoms with Gasteiger partial charge in [-0.1, -0.05) is 62.8 Å². The van der Waals surface area contributed by atoms with E-state index in [2.05, 4.69) is 50.3 Å². The average Bonchev–Trinajstić information content (AvgIpc) is 2.16. The van der Waals surface area contributed by atoms with Crippen molar-refractivity contribution in [3.05, 3.63) is 42.0 Å². The molecule has 0 spiro atoms. The first-order valence-electron chi connectivity index (χ1n) is 4.56. The van der Waals surface area contributed by atoms with E-state index >= 15 is 0 Å². The first-order chi connectivity index (χ1) is 5.83. The number of rotatable bonds is 3. The van der Waals surface area contributed by atoms with Crippen LogP contribution in [0, 0.1) is 5.92 Å². The van der Waals surface area contributed by atoms with Gasteiger partial charge in [-0.25, -0.2) is 0 Å². The van der Waals surface area contributed by atoms with Gasteiger partial charge >= 0.3 is 37.7 Å². The summed E-state index contributed by atoms with van der Waals surface area (Å²) in [6, 6.07) is 10.4. The molecule has 0 aliphatic rings. The van der Waals surface area contributed by atoms with Gasteiger partial charge < -0.3 is 0 Å². The van der Waals surface area contributed by atoms with Crippen LogP contribution in [0.2, 0.25) is 0 Å². The molecule has 0 N–H and O–H groups in total. The summed E-state index contributed by atoms with van der Waals surface area (Å²) in [7, 11) is 0. The van der Waals surface area contributed by atoms with E-state index in [9.17, 15) is 0 Å². The summed E-state index contributed by atoms with van der Waals surface area (Å²) in [4.78, 5) is 0. The fraction of sp³-hybridized carbons (Fsp3) is 0.333. The third-order valence-electron chi connectivity index (χ3n) is 2.06. The Kier molecular flexibility index (Phi) is 11.5. The van der Waals surface area contributed by atoms with Crippen LogP contribution < -0.4 is 0 Å². The second kappa shape index (κ2) is 9.70. The topological polar surface area (TPSA) is 0 Å². The number of allylic oxidation sites excluding steroid dienone is 1. The zero-order valence-corrected chi connectivity index (χ0v) is 7.83. The molecule has 68 valence electrons. The molecule has 0 saturated carbocycles. The molecule has 0 bridgehead atoms. The van der Waals surface area contributed by atoms with Gasteiger partial charge in [-0.05, 0) is 11.5 Å². The van der Waals surface area contributed by atoms with Crippen molar-refractivity contribution in [1.29, 1.82) is 0 Å². The van der Waals surface area contributed by atoms with E-state index < -0.39 is 0 Å². The van der Waals surface area contributed by atoms with E-state index in [0.717, 1.165) is 0 Å². The van der Waals surface area contributed by atoms with Crippen molar-refractivity contribution in [3.8, 4) is 0 Å². The summed E-state index contributed by atoms with van der Waals surface area (Å²) < 4.78 is 0. The molecule has 0 amide bonds. The molecule has 0 aromatic heterocycles. The van der Waals surface area contributed by atoms with Gasteiger partial charge in [0, 0.05) is 0 Å². The Labute approximate surface area is 112 Å². The van der Waals surface area contributed by atoms with Gasteiger partial charge in [0.15, 0.2) is 0 Å². The Morgan fingerprint density at radius 1 is 1.14 bits per heavy atom. The molecular formula is C12H18Li2. The number of hydrogen-bond acceptors (Lipinski definition) is 0. The zero-order valence-electron chi connectivity index (χ0n) is 7.83. The van der Waals surface area contributed by atoms with Crippen LogP contribution >= 0.6 is 0 Å². The molecule has 1 atom stereocenters. The summed E-state index contributed by atoms with van der Waals surface area (Å²) in [5.41, 5.74) is 1.29. The Bertz CT molecular complexity index is 242. The van der Waals surface area contributed by atoms with Crippen LogP contribution in [0.4, 0.5) is 0 Å². The van der Waals surface area contributed by atoms with Crippen molar-refractivity contribution in [2.45, 2.75) is 20.3 Å². The third kappa shape index (κ3) is 6.59. The first kappa shape index (κ1) is 16.6. The first-order valence-corrected chi connectivity index (χ1v) is 4.56. The van der Waals surface area contributed by atoms with E-state index in [0.29, 0.717) is 5.92 Å². The van der Waals surface area contributed by atoms with E-state index in [1.165, 1.54) is 12.0 Å². The SMILES string of the molecule is CCC(C)C=Cc1ccccc1.[LiH].[LiH]. The fourth-order valence-electron chi connectivity index (χ4n) is 0.976. The average molecular weight is 176 g/mol. The van der Waals surface area contributed by atoms with Crippen molar-refractivity contribution in [2.75, 3.05) is 0 Å². The maximum absolute atomic E-state index is 2.26. The molecule has 0 saturated heterocycles. The monoisotopic (exact) mass is 176 g/mol. The van der Waals surface area contributed by atoms with E-state index in [1.807, 2.05) is 6.07 Å². The van der Waals surface area contributed by atoms with Crippen LogP contribution in [0.15, 0.2) is 36.4 Å². The van der Waals surface area contributed by atoms with Crippen molar-refractivity contribution >= 4 is 43.8 Å². The van der Waals surface area contributed by atoms with Crippen LogP contribution in [0.5, 0.6) is 0 Å². The molecule has 1 aromatic rings. The van der Waals surface area contributed by atoms with Gasteiger partial charge in [-0.15, -0.1) is 0 Å². The molecule has 0 aliphatic heterocycles. The van der Waals surface area contributed by atoms with E-state index in [1.54, 1.807) is 0 Å². The summed E-state index contributed by atoms with van der Waals surface area (Å²) in [5, 5.41) is 0. The third-order valence-corrected chi connectivity index (χ3v) is 2.06. The predicted molar refractivity (Wildman–Crippen MR) is 69.2 cm³/mol. The van der Waals surface area contributed by atoms with Gasteiger partial charge in [0.1, 0.15) is 0 Å². The van der Waals surface area contributed by atoms with Crippen LogP contribution in [0.25, 0.3) is 6.08 Å². The quantitative estimate of drug-likeness (QED) is 0.620. The minimum atomic E-state index is 0. The summed E-state index contributed by atoms with van der Waals surface area (Å²) >= 11 is 0. The maximum atomic E-state index is 2.26. The van der Waals surface area contributed by atoms with Gasteiger partial charge in [0.2, 0.25) is 0 Å². The molecule has 1 rings (SSSR count). The second-order valence-electron chi connectivity index (χ2n) is 3.16. The van der Waals surface area contributed by atoms with Gasteiger partial charge in [-0.3, -0.25) is 0 Å². The molecule has 0 fully saturated rings. The standard InChI is InChI=1S/C12H16.2Li.2H/c1-3-11(2)9-10-12-7-5-4-6-8-12;;;;/h4-11H,3H2,1-2H3;;;;. The van der Waals surface area contributed by atoms with Crippen molar-refractivity contribution in [2.24, 2.45) is 5.92 Å². The molecule has 1 unspecified atom stereocenters. The molecule has 0 nitrogen and oxygen atoms in total. The second-order valence-corrected chi connectivity index (χ2v) is 3.16. The van der Waals surface area contributed by atoms with Crippen LogP contribution in [-0.2, 0) is 0 Å². The molecular weight excluding hydrogens is 158 g/mol. The summed E-state index contributed by atoms with van der Waals surface area (Å²) in [5.74, 6) is 0.685. The van der Waals surface area contributed by atoms with Crippen molar-refractivity contribution < 1.29 is 0 Å². The van der Waals surface area contributed by atoms with Crippen LogP contribution in [-0.4, -0.2) is 37.7 Å². The fourth-order valence-corrected chi connectivity index (χ4v) is 0.976. The molecule has 0 aliphatic carbocycles. The Hall–Kier alpha value is 0.155. The summed E-state index contributed by atoms with van der Waals surface area (Å²) in [6.45, 7) is 4.44. The van der Waals surface area contributed by atoms with Crippen LogP contribution in [0.3, 0.4) is 0 Å². The minimum absolute atomic E-state index is 0. The normalized spacial score (nSPS) is 11.6. The summed E-state index contributed by atoms with van der Waals surface area (Å²) in [6.07, 6.45) is 5.66. The Morgan fingerprint density at radius 2 is 1.71 bits per heavy atom. The van der Waals surface area contributed by atoms with Gasteiger partial charge in [0.05, 0.1) is 0 Å². The van der Waals surface area contributed by atoms with Crippen molar-refractivity contribution in [1.82, 2.24) is 0 Å². The van der Waals surface area contributed by atoms with E-state index in [-0.39, 0.29) is 37.7 Å².